The number of likely N-dealkylation sites (tertiary alicyclic amines) is 1. The van der Waals surface area contributed by atoms with Gasteiger partial charge in [-0.15, -0.1) is 0 Å². The largest absolute Gasteiger partial charge is 0.342 e. The molecular weight excluding hydrogens is 415 g/mol. The van der Waals surface area contributed by atoms with E-state index in [1.807, 2.05) is 59.5 Å². The van der Waals surface area contributed by atoms with Crippen LogP contribution >= 0.6 is 0 Å². The number of hydrogen-bond acceptors (Lipinski definition) is 2. The van der Waals surface area contributed by atoms with Gasteiger partial charge in [0, 0.05) is 31.7 Å². The molecule has 170 valence electrons. The van der Waals surface area contributed by atoms with E-state index in [0.29, 0.717) is 30.6 Å². The maximum absolute atomic E-state index is 14.0. The number of nitrogens with zero attached hydrogens (tertiary/aromatic N) is 2. The van der Waals surface area contributed by atoms with Gasteiger partial charge in [-0.25, -0.2) is 4.39 Å². The summed E-state index contributed by atoms with van der Waals surface area (Å²) >= 11 is 0. The van der Waals surface area contributed by atoms with E-state index in [1.54, 1.807) is 30.1 Å². The summed E-state index contributed by atoms with van der Waals surface area (Å²) < 4.78 is 14.0. The summed E-state index contributed by atoms with van der Waals surface area (Å²) in [5, 5.41) is 0. The van der Waals surface area contributed by atoms with Crippen LogP contribution in [0.15, 0.2) is 78.9 Å². The highest BCUT2D eigenvalue weighted by molar-refractivity contribution is 6.00. The Labute approximate surface area is 194 Å². The van der Waals surface area contributed by atoms with E-state index in [0.717, 1.165) is 24.0 Å². The van der Waals surface area contributed by atoms with Gasteiger partial charge in [0.2, 0.25) is 5.91 Å². The van der Waals surface area contributed by atoms with E-state index in [-0.39, 0.29) is 30.1 Å². The molecule has 1 aliphatic heterocycles. The Bertz CT molecular complexity index is 1120. The van der Waals surface area contributed by atoms with Crippen molar-refractivity contribution in [2.24, 2.45) is 0 Å². The Morgan fingerprint density at radius 1 is 0.909 bits per heavy atom. The molecule has 5 heteroatoms. The molecule has 1 aliphatic rings. The molecule has 1 fully saturated rings. The number of likely N-dealkylation sites (N-methyl/N-ethyl adjacent to an activating group) is 1. The summed E-state index contributed by atoms with van der Waals surface area (Å²) in [6, 6.07) is 24.1. The molecule has 0 bridgehead atoms. The van der Waals surface area contributed by atoms with Gasteiger partial charge in [0.1, 0.15) is 5.82 Å². The summed E-state index contributed by atoms with van der Waals surface area (Å²) in [4.78, 5) is 29.9. The van der Waals surface area contributed by atoms with Gasteiger partial charge in [-0.2, -0.15) is 0 Å². The fourth-order valence-electron chi connectivity index (χ4n) is 4.51. The first-order valence-corrected chi connectivity index (χ1v) is 11.5. The molecule has 0 N–H and O–H groups in total. The molecular formula is C28H29FN2O2. The van der Waals surface area contributed by atoms with Crippen molar-refractivity contribution in [1.29, 1.82) is 0 Å². The third kappa shape index (κ3) is 5.30. The Morgan fingerprint density at radius 2 is 1.61 bits per heavy atom. The van der Waals surface area contributed by atoms with Gasteiger partial charge in [-0.1, -0.05) is 66.7 Å². The average molecular weight is 445 g/mol. The van der Waals surface area contributed by atoms with Gasteiger partial charge >= 0.3 is 0 Å². The highest BCUT2D eigenvalue weighted by Crippen LogP contribution is 2.26. The molecule has 0 radical (unpaired) electrons. The van der Waals surface area contributed by atoms with Crippen LogP contribution in [-0.2, 0) is 11.2 Å². The zero-order valence-electron chi connectivity index (χ0n) is 18.9. The summed E-state index contributed by atoms with van der Waals surface area (Å²) in [6.45, 7) is 1.25. The molecule has 33 heavy (non-hydrogen) atoms. The molecule has 0 saturated carbocycles. The van der Waals surface area contributed by atoms with Gasteiger partial charge in [0.05, 0.1) is 6.42 Å². The lowest BCUT2D eigenvalue weighted by Crippen LogP contribution is -2.39. The Balaban J connectivity index is 1.43. The zero-order chi connectivity index (χ0) is 23.2. The van der Waals surface area contributed by atoms with Gasteiger partial charge in [-0.3, -0.25) is 9.59 Å². The third-order valence-corrected chi connectivity index (χ3v) is 6.47. The van der Waals surface area contributed by atoms with Crippen molar-refractivity contribution < 1.29 is 14.0 Å². The quantitative estimate of drug-likeness (QED) is 0.544. The number of benzene rings is 3. The Kier molecular flexibility index (Phi) is 7.18. The molecule has 0 aliphatic carbocycles. The average Bonchev–Trinajstić information content (AvgIpc) is 3.11. The molecule has 2 amide bonds. The van der Waals surface area contributed by atoms with E-state index in [2.05, 4.69) is 0 Å². The van der Waals surface area contributed by atoms with Crippen molar-refractivity contribution in [2.45, 2.75) is 31.7 Å². The molecule has 0 spiro atoms. The normalized spacial score (nSPS) is 16.2. The highest BCUT2D eigenvalue weighted by atomic mass is 19.1. The predicted molar refractivity (Wildman–Crippen MR) is 128 cm³/mol. The molecule has 4 rings (SSSR count). The topological polar surface area (TPSA) is 40.6 Å². The van der Waals surface area contributed by atoms with Crippen LogP contribution in [0.1, 0.15) is 35.2 Å². The summed E-state index contributed by atoms with van der Waals surface area (Å²) in [6.07, 6.45) is 2.40. The van der Waals surface area contributed by atoms with Crippen molar-refractivity contribution in [2.75, 3.05) is 20.1 Å². The maximum atomic E-state index is 14.0. The van der Waals surface area contributed by atoms with Crippen LogP contribution < -0.4 is 0 Å². The van der Waals surface area contributed by atoms with Crippen molar-refractivity contribution in [3.8, 4) is 11.1 Å². The van der Waals surface area contributed by atoms with Crippen LogP contribution in [0.3, 0.4) is 0 Å². The van der Waals surface area contributed by atoms with Gasteiger partial charge in [0.15, 0.2) is 0 Å². The highest BCUT2D eigenvalue weighted by Gasteiger charge is 2.27. The zero-order valence-corrected chi connectivity index (χ0v) is 18.9. The second-order valence-electron chi connectivity index (χ2n) is 8.56. The first kappa shape index (κ1) is 22.7. The number of carbonyl (C=O) groups excluding carboxylic acids is 2. The van der Waals surface area contributed by atoms with Gasteiger partial charge in [-0.05, 0) is 48.1 Å². The van der Waals surface area contributed by atoms with Crippen molar-refractivity contribution in [3.63, 3.8) is 0 Å². The number of carbonyl (C=O) groups is 2. The molecule has 0 unspecified atom stereocenters. The maximum Gasteiger partial charge on any atom is 0.254 e. The Hall–Kier alpha value is -3.47. The van der Waals surface area contributed by atoms with E-state index in [9.17, 15) is 14.0 Å². The van der Waals surface area contributed by atoms with E-state index in [1.165, 1.54) is 6.07 Å². The molecule has 3 aromatic carbocycles. The molecule has 1 saturated heterocycles. The van der Waals surface area contributed by atoms with E-state index < -0.39 is 0 Å². The number of hydrogen-bond donors (Lipinski definition) is 0. The second-order valence-corrected chi connectivity index (χ2v) is 8.56. The minimum absolute atomic E-state index is 0.0236. The molecule has 3 aromatic rings. The van der Waals surface area contributed by atoms with Crippen LogP contribution in [0.2, 0.25) is 0 Å². The van der Waals surface area contributed by atoms with Crippen LogP contribution in [0.25, 0.3) is 11.1 Å². The minimum atomic E-state index is -0.353. The second kappa shape index (κ2) is 10.4. The van der Waals surface area contributed by atoms with Crippen LogP contribution in [0.5, 0.6) is 0 Å². The number of amides is 2. The van der Waals surface area contributed by atoms with Crippen molar-refractivity contribution in [3.05, 3.63) is 95.8 Å². The fraction of sp³-hybridized carbons (Fsp3) is 0.286. The monoisotopic (exact) mass is 444 g/mol. The third-order valence-electron chi connectivity index (χ3n) is 6.47. The standard InChI is InChI=1S/C28H29FN2O2/c1-30(27(32)20-22-12-5-8-16-26(22)29)23-13-9-18-31(19-17-23)28(33)25-15-7-6-14-24(25)21-10-3-2-4-11-21/h2-8,10-12,14-16,23H,9,13,17-20H2,1H3/t23-/m0/s1. The SMILES string of the molecule is CN(C(=O)Cc1ccccc1F)[C@H]1CCCN(C(=O)c2ccccc2-c2ccccc2)CC1. The first-order chi connectivity index (χ1) is 16.0. The predicted octanol–water partition coefficient (Wildman–Crippen LogP) is 5.19. The summed E-state index contributed by atoms with van der Waals surface area (Å²) in [7, 11) is 1.79. The van der Waals surface area contributed by atoms with E-state index >= 15 is 0 Å². The fourth-order valence-corrected chi connectivity index (χ4v) is 4.51. The smallest absolute Gasteiger partial charge is 0.254 e. The first-order valence-electron chi connectivity index (χ1n) is 11.5. The van der Waals surface area contributed by atoms with Gasteiger partial charge in [0.25, 0.3) is 5.91 Å². The van der Waals surface area contributed by atoms with Crippen LogP contribution in [0.4, 0.5) is 4.39 Å². The van der Waals surface area contributed by atoms with Crippen LogP contribution in [0, 0.1) is 5.82 Å². The lowest BCUT2D eigenvalue weighted by Gasteiger charge is -2.28. The number of rotatable bonds is 5. The lowest BCUT2D eigenvalue weighted by atomic mass is 9.99. The van der Waals surface area contributed by atoms with Gasteiger partial charge < -0.3 is 9.80 Å². The van der Waals surface area contributed by atoms with Crippen LogP contribution in [-0.4, -0.2) is 47.8 Å². The Morgan fingerprint density at radius 3 is 2.39 bits per heavy atom. The lowest BCUT2D eigenvalue weighted by molar-refractivity contribution is -0.131. The minimum Gasteiger partial charge on any atom is -0.342 e. The molecule has 1 heterocycles. The molecule has 0 aromatic heterocycles. The molecule has 1 atom stereocenters. The van der Waals surface area contributed by atoms with Crippen molar-refractivity contribution in [1.82, 2.24) is 9.80 Å². The summed E-state index contributed by atoms with van der Waals surface area (Å²) in [5.41, 5.74) is 3.07. The van der Waals surface area contributed by atoms with E-state index in [4.69, 9.17) is 0 Å². The van der Waals surface area contributed by atoms with Crippen molar-refractivity contribution >= 4 is 11.8 Å². The summed E-state index contributed by atoms with van der Waals surface area (Å²) in [5.74, 6) is -0.427. The number of halogens is 1. The molecule has 4 nitrogen and oxygen atoms in total.